The van der Waals surface area contributed by atoms with Crippen molar-refractivity contribution in [2.45, 2.75) is 10.9 Å². The summed E-state index contributed by atoms with van der Waals surface area (Å²) in [5.74, 6) is 0. The van der Waals surface area contributed by atoms with Gasteiger partial charge >= 0.3 is 0 Å². The summed E-state index contributed by atoms with van der Waals surface area (Å²) >= 11 is 7.41. The lowest BCUT2D eigenvalue weighted by Gasteiger charge is -2.26. The molecule has 2 heterocycles. The van der Waals surface area contributed by atoms with E-state index in [0.717, 1.165) is 27.6 Å². The Balaban J connectivity index is 1.94. The normalized spacial score (nSPS) is 16.9. The van der Waals surface area contributed by atoms with Gasteiger partial charge in [0.25, 0.3) is 0 Å². The van der Waals surface area contributed by atoms with E-state index in [1.165, 1.54) is 11.8 Å². The molecule has 1 atom stereocenters. The van der Waals surface area contributed by atoms with Crippen LogP contribution < -0.4 is 4.90 Å². The van der Waals surface area contributed by atoms with Crippen molar-refractivity contribution in [3.63, 3.8) is 0 Å². The zero-order chi connectivity index (χ0) is 14.8. The van der Waals surface area contributed by atoms with Gasteiger partial charge in [-0.05, 0) is 42.1 Å². The van der Waals surface area contributed by atoms with E-state index in [-0.39, 0.29) is 0 Å². The van der Waals surface area contributed by atoms with Crippen LogP contribution >= 0.6 is 23.4 Å². The molecular formula is C15H12ClN3OS. The number of thioether (sulfide) groups is 1. The lowest BCUT2D eigenvalue weighted by molar-refractivity contribution is -0.109. The number of aromatic nitrogens is 1. The van der Waals surface area contributed by atoms with Crippen molar-refractivity contribution in [2.75, 3.05) is 11.9 Å². The Bertz CT molecular complexity index is 702. The molecule has 3 rings (SSSR count). The number of fused-ring (bicyclic) bond motifs is 1. The largest absolute Gasteiger partial charge is 0.324 e. The number of carbonyl (C=O) groups excluding carboxylic acids is 1. The summed E-state index contributed by atoms with van der Waals surface area (Å²) in [5, 5.41) is 1.45. The monoisotopic (exact) mass is 317 g/mol. The predicted octanol–water partition coefficient (Wildman–Crippen LogP) is 3.57. The molecule has 4 nitrogen and oxygen atoms in total. The van der Waals surface area contributed by atoms with Crippen LogP contribution in [-0.2, 0) is 4.79 Å². The third kappa shape index (κ3) is 2.80. The highest BCUT2D eigenvalue weighted by molar-refractivity contribution is 8.14. The van der Waals surface area contributed by atoms with Crippen LogP contribution in [0, 0.1) is 0 Å². The molecule has 0 saturated carbocycles. The first kappa shape index (κ1) is 14.1. The number of carbonyl (C=O) groups is 1. The summed E-state index contributed by atoms with van der Waals surface area (Å²) in [6.45, 7) is 0. The summed E-state index contributed by atoms with van der Waals surface area (Å²) in [5.41, 5.74) is 1.86. The van der Waals surface area contributed by atoms with Crippen molar-refractivity contribution in [1.29, 1.82) is 0 Å². The first-order valence-electron chi connectivity index (χ1n) is 6.33. The van der Waals surface area contributed by atoms with Crippen molar-refractivity contribution in [1.82, 2.24) is 4.98 Å². The van der Waals surface area contributed by atoms with Crippen LogP contribution in [-0.4, -0.2) is 23.5 Å². The molecule has 0 amide bonds. The van der Waals surface area contributed by atoms with Gasteiger partial charge in [0.1, 0.15) is 12.3 Å². The van der Waals surface area contributed by atoms with Crippen LogP contribution in [0.4, 0.5) is 5.69 Å². The third-order valence-electron chi connectivity index (χ3n) is 3.22. The maximum Gasteiger partial charge on any atom is 0.169 e. The zero-order valence-corrected chi connectivity index (χ0v) is 12.8. The molecule has 0 aliphatic carbocycles. The first-order valence-corrected chi connectivity index (χ1v) is 7.52. The minimum atomic E-state index is -0.478. The maximum absolute atomic E-state index is 11.3. The standard InChI is InChI=1S/C15H12ClN3OS/c1-19(11-4-2-10(16)3-5-11)15-18-13(9-20)12-6-7-17-8-14(12)21-15/h2-9,13H,1H3. The van der Waals surface area contributed by atoms with Gasteiger partial charge in [-0.1, -0.05) is 11.6 Å². The van der Waals surface area contributed by atoms with E-state index in [1.807, 2.05) is 42.3 Å². The summed E-state index contributed by atoms with van der Waals surface area (Å²) in [6, 6.07) is 8.85. The highest BCUT2D eigenvalue weighted by atomic mass is 35.5. The maximum atomic E-state index is 11.3. The molecule has 0 N–H and O–H groups in total. The van der Waals surface area contributed by atoms with E-state index >= 15 is 0 Å². The summed E-state index contributed by atoms with van der Waals surface area (Å²) in [7, 11) is 1.91. The topological polar surface area (TPSA) is 45.6 Å². The van der Waals surface area contributed by atoms with Gasteiger partial charge in [0.2, 0.25) is 0 Å². The first-order chi connectivity index (χ1) is 10.2. The van der Waals surface area contributed by atoms with Gasteiger partial charge in [0, 0.05) is 40.6 Å². The Morgan fingerprint density at radius 1 is 1.29 bits per heavy atom. The average molecular weight is 318 g/mol. The number of nitrogens with zero attached hydrogens (tertiary/aromatic N) is 3. The number of pyridine rings is 1. The van der Waals surface area contributed by atoms with Crippen molar-refractivity contribution in [2.24, 2.45) is 4.99 Å². The van der Waals surface area contributed by atoms with E-state index in [4.69, 9.17) is 11.6 Å². The minimum absolute atomic E-state index is 0.478. The summed E-state index contributed by atoms with van der Waals surface area (Å²) < 4.78 is 0. The van der Waals surface area contributed by atoms with Crippen LogP contribution in [0.15, 0.2) is 52.6 Å². The number of aliphatic imine (C=N–C) groups is 1. The molecule has 1 unspecified atom stereocenters. The van der Waals surface area contributed by atoms with Gasteiger partial charge in [-0.2, -0.15) is 0 Å². The number of anilines is 1. The molecule has 0 fully saturated rings. The molecule has 0 spiro atoms. The molecule has 106 valence electrons. The number of benzene rings is 1. The smallest absolute Gasteiger partial charge is 0.169 e. The highest BCUT2D eigenvalue weighted by Gasteiger charge is 2.24. The molecule has 0 bridgehead atoms. The number of halogens is 1. The fourth-order valence-electron chi connectivity index (χ4n) is 2.07. The van der Waals surface area contributed by atoms with Crippen molar-refractivity contribution in [3.05, 3.63) is 53.3 Å². The van der Waals surface area contributed by atoms with Crippen molar-refractivity contribution >= 4 is 40.5 Å². The molecule has 0 radical (unpaired) electrons. The third-order valence-corrected chi connectivity index (χ3v) is 4.59. The molecule has 2 aromatic rings. The molecule has 1 aliphatic rings. The van der Waals surface area contributed by atoms with Crippen LogP contribution in [0.2, 0.25) is 5.02 Å². The van der Waals surface area contributed by atoms with Gasteiger partial charge in [0.05, 0.1) is 0 Å². The van der Waals surface area contributed by atoms with Crippen LogP contribution in [0.25, 0.3) is 0 Å². The number of rotatable bonds is 2. The molecule has 0 saturated heterocycles. The Labute approximate surface area is 131 Å². The van der Waals surface area contributed by atoms with E-state index in [2.05, 4.69) is 9.98 Å². The van der Waals surface area contributed by atoms with E-state index in [0.29, 0.717) is 5.02 Å². The fraction of sp³-hybridized carbons (Fsp3) is 0.133. The quantitative estimate of drug-likeness (QED) is 0.794. The van der Waals surface area contributed by atoms with Crippen LogP contribution in [0.5, 0.6) is 0 Å². The number of aldehydes is 1. The second-order valence-electron chi connectivity index (χ2n) is 4.54. The Morgan fingerprint density at radius 2 is 2.05 bits per heavy atom. The van der Waals surface area contributed by atoms with Crippen molar-refractivity contribution < 1.29 is 4.79 Å². The lowest BCUT2D eigenvalue weighted by atomic mass is 10.1. The van der Waals surface area contributed by atoms with Gasteiger partial charge in [-0.25, -0.2) is 4.99 Å². The van der Waals surface area contributed by atoms with E-state index < -0.39 is 6.04 Å². The SMILES string of the molecule is CN(C1=NC(C=O)c2ccncc2S1)c1ccc(Cl)cc1. The summed E-state index contributed by atoms with van der Waals surface area (Å²) in [4.78, 5) is 22.8. The fourth-order valence-corrected chi connectivity index (χ4v) is 3.22. The molecular weight excluding hydrogens is 306 g/mol. The Kier molecular flexibility index (Phi) is 3.94. The van der Waals surface area contributed by atoms with E-state index in [1.54, 1.807) is 12.4 Å². The minimum Gasteiger partial charge on any atom is -0.324 e. The second kappa shape index (κ2) is 5.87. The number of amidine groups is 1. The average Bonchev–Trinajstić information content (AvgIpc) is 2.53. The summed E-state index contributed by atoms with van der Waals surface area (Å²) in [6.07, 6.45) is 4.30. The van der Waals surface area contributed by atoms with Crippen LogP contribution in [0.1, 0.15) is 11.6 Å². The van der Waals surface area contributed by atoms with E-state index in [9.17, 15) is 4.79 Å². The Hall–Kier alpha value is -1.85. The zero-order valence-electron chi connectivity index (χ0n) is 11.2. The van der Waals surface area contributed by atoms with Gasteiger partial charge < -0.3 is 9.69 Å². The van der Waals surface area contributed by atoms with Crippen molar-refractivity contribution in [3.8, 4) is 0 Å². The molecule has 1 aromatic carbocycles. The highest BCUT2D eigenvalue weighted by Crippen LogP contribution is 2.36. The second-order valence-corrected chi connectivity index (χ2v) is 5.99. The van der Waals surface area contributed by atoms with Gasteiger partial charge in [-0.3, -0.25) is 4.98 Å². The molecule has 21 heavy (non-hydrogen) atoms. The van der Waals surface area contributed by atoms with Gasteiger partial charge in [0.15, 0.2) is 5.17 Å². The van der Waals surface area contributed by atoms with Crippen LogP contribution in [0.3, 0.4) is 0 Å². The molecule has 1 aromatic heterocycles. The number of hydrogen-bond donors (Lipinski definition) is 0. The molecule has 6 heteroatoms. The van der Waals surface area contributed by atoms with Gasteiger partial charge in [-0.15, -0.1) is 0 Å². The Morgan fingerprint density at radius 3 is 2.76 bits per heavy atom. The number of hydrogen-bond acceptors (Lipinski definition) is 5. The molecule has 1 aliphatic heterocycles. The lowest BCUT2D eigenvalue weighted by Crippen LogP contribution is -2.26. The predicted molar refractivity (Wildman–Crippen MR) is 86.2 cm³/mol.